The van der Waals surface area contributed by atoms with Gasteiger partial charge in [-0.2, -0.15) is 22.9 Å². The van der Waals surface area contributed by atoms with Crippen molar-refractivity contribution in [3.8, 4) is 22.9 Å². The molecule has 14 heteroatoms. The van der Waals surface area contributed by atoms with Gasteiger partial charge < -0.3 is 14.2 Å². The number of carbonyl (C=O) groups excluding carboxylic acids is 1. The Hall–Kier alpha value is -5.27. The van der Waals surface area contributed by atoms with Crippen LogP contribution < -0.4 is 15.0 Å². The molecule has 1 aromatic heterocycles. The minimum Gasteiger partial charge on any atom is -0.490 e. The Balaban J connectivity index is 1.87. The second-order valence-electron chi connectivity index (χ2n) is 8.96. The molecule has 0 saturated heterocycles. The molecule has 0 N–H and O–H groups in total. The number of halogens is 3. The number of alkyl halides is 3. The highest BCUT2D eigenvalue weighted by molar-refractivity contribution is 5.84. The summed E-state index contributed by atoms with van der Waals surface area (Å²) in [4.78, 5) is 41.2. The average molecular weight is 599 g/mol. The van der Waals surface area contributed by atoms with Gasteiger partial charge in [0.1, 0.15) is 0 Å². The van der Waals surface area contributed by atoms with E-state index in [1.807, 2.05) is 0 Å². The highest BCUT2D eigenvalue weighted by Crippen LogP contribution is 2.39. The van der Waals surface area contributed by atoms with E-state index in [0.29, 0.717) is 0 Å². The van der Waals surface area contributed by atoms with E-state index in [4.69, 9.17) is 14.2 Å². The van der Waals surface area contributed by atoms with Crippen LogP contribution in [-0.4, -0.2) is 46.1 Å². The fourth-order valence-corrected chi connectivity index (χ4v) is 4.06. The second-order valence-corrected chi connectivity index (χ2v) is 8.96. The Morgan fingerprint density at radius 2 is 1.86 bits per heavy atom. The highest BCUT2D eigenvalue weighted by atomic mass is 19.4. The second kappa shape index (κ2) is 12.7. The number of nitrogens with zero attached hydrogens (tertiary/aromatic N) is 4. The molecular formula is C29H25F3N4O7. The van der Waals surface area contributed by atoms with Crippen molar-refractivity contribution >= 4 is 28.8 Å². The van der Waals surface area contributed by atoms with E-state index >= 15 is 0 Å². The summed E-state index contributed by atoms with van der Waals surface area (Å²) < 4.78 is 57.2. The summed E-state index contributed by atoms with van der Waals surface area (Å²) in [5.41, 5.74) is -1.91. The van der Waals surface area contributed by atoms with Crippen LogP contribution in [-0.2, 0) is 15.7 Å². The molecule has 0 aliphatic carbocycles. The van der Waals surface area contributed by atoms with E-state index in [-0.39, 0.29) is 52.6 Å². The van der Waals surface area contributed by atoms with Gasteiger partial charge in [-0.15, -0.1) is 0 Å². The minimum atomic E-state index is -4.65. The Kier molecular flexibility index (Phi) is 9.07. The summed E-state index contributed by atoms with van der Waals surface area (Å²) >= 11 is 0. The Morgan fingerprint density at radius 3 is 2.53 bits per heavy atom. The molecule has 0 aliphatic rings. The lowest BCUT2D eigenvalue weighted by atomic mass is 10.1. The molecule has 43 heavy (non-hydrogen) atoms. The third-order valence-corrected chi connectivity index (χ3v) is 5.99. The van der Waals surface area contributed by atoms with Crippen LogP contribution in [0.1, 0.15) is 31.9 Å². The molecule has 4 rings (SSSR count). The normalized spacial score (nSPS) is 12.3. The van der Waals surface area contributed by atoms with Crippen molar-refractivity contribution in [1.29, 1.82) is 0 Å². The Morgan fingerprint density at radius 1 is 1.12 bits per heavy atom. The van der Waals surface area contributed by atoms with Crippen LogP contribution in [0.25, 0.3) is 22.3 Å². The third-order valence-electron chi connectivity index (χ3n) is 5.99. The first kappa shape index (κ1) is 30.7. The number of esters is 1. The van der Waals surface area contributed by atoms with Crippen molar-refractivity contribution in [1.82, 2.24) is 9.66 Å². The van der Waals surface area contributed by atoms with Gasteiger partial charge in [-0.05, 0) is 51.1 Å². The summed E-state index contributed by atoms with van der Waals surface area (Å²) in [7, 11) is 0. The summed E-state index contributed by atoms with van der Waals surface area (Å²) in [5, 5.41) is 16.3. The van der Waals surface area contributed by atoms with E-state index in [9.17, 15) is 32.9 Å². The van der Waals surface area contributed by atoms with Crippen LogP contribution in [0.2, 0.25) is 0 Å². The molecule has 0 fully saturated rings. The number of ether oxygens (including phenoxy) is 3. The van der Waals surface area contributed by atoms with Crippen molar-refractivity contribution in [3.05, 3.63) is 92.3 Å². The maximum Gasteiger partial charge on any atom is 0.416 e. The molecule has 1 atom stereocenters. The van der Waals surface area contributed by atoms with Gasteiger partial charge in [0.05, 0.1) is 40.8 Å². The van der Waals surface area contributed by atoms with Crippen molar-refractivity contribution in [2.24, 2.45) is 5.10 Å². The first-order valence-electron chi connectivity index (χ1n) is 13.0. The summed E-state index contributed by atoms with van der Waals surface area (Å²) in [6, 6.07) is 12.9. The van der Waals surface area contributed by atoms with Crippen LogP contribution in [0.5, 0.6) is 11.5 Å². The molecule has 0 bridgehead atoms. The van der Waals surface area contributed by atoms with Gasteiger partial charge in [-0.1, -0.05) is 24.3 Å². The number of rotatable bonds is 10. The molecule has 11 nitrogen and oxygen atoms in total. The molecule has 0 saturated carbocycles. The fraction of sp³-hybridized carbons (Fsp3) is 0.241. The molecule has 0 aliphatic heterocycles. The molecular weight excluding hydrogens is 573 g/mol. The Labute approximate surface area is 242 Å². The number of hydrogen-bond acceptors (Lipinski definition) is 9. The lowest BCUT2D eigenvalue weighted by molar-refractivity contribution is -0.386. The van der Waals surface area contributed by atoms with Gasteiger partial charge in [-0.25, -0.2) is 9.78 Å². The molecule has 0 amide bonds. The number of para-hydroxylation sites is 1. The van der Waals surface area contributed by atoms with Crippen LogP contribution in [0, 0.1) is 10.1 Å². The smallest absolute Gasteiger partial charge is 0.416 e. The van der Waals surface area contributed by atoms with E-state index in [1.165, 1.54) is 37.3 Å². The SMILES string of the molecule is CCOC(=O)[C@H](C)Oc1c(OCC)cc(C=Nn2c(-c3cccc(C(F)(F)F)c3)nc3ccccc3c2=O)cc1[N+](=O)[O-]. The zero-order valence-corrected chi connectivity index (χ0v) is 23.1. The summed E-state index contributed by atoms with van der Waals surface area (Å²) in [5.74, 6) is -1.33. The number of nitro groups is 1. The van der Waals surface area contributed by atoms with E-state index < -0.39 is 40.0 Å². The Bertz CT molecular complexity index is 1770. The van der Waals surface area contributed by atoms with Crippen LogP contribution in [0.15, 0.2) is 70.6 Å². The molecule has 0 unspecified atom stereocenters. The van der Waals surface area contributed by atoms with Crippen molar-refractivity contribution in [2.45, 2.75) is 33.1 Å². The minimum absolute atomic E-state index is 0.0347. The number of aromatic nitrogens is 2. The van der Waals surface area contributed by atoms with E-state index in [2.05, 4.69) is 10.1 Å². The third kappa shape index (κ3) is 6.80. The highest BCUT2D eigenvalue weighted by Gasteiger charge is 2.31. The van der Waals surface area contributed by atoms with Crippen molar-refractivity contribution in [2.75, 3.05) is 13.2 Å². The topological polar surface area (TPSA) is 135 Å². The van der Waals surface area contributed by atoms with Gasteiger partial charge in [0, 0.05) is 17.2 Å². The van der Waals surface area contributed by atoms with Crippen LogP contribution in [0.4, 0.5) is 18.9 Å². The molecule has 0 radical (unpaired) electrons. The van der Waals surface area contributed by atoms with Gasteiger partial charge in [0.2, 0.25) is 5.75 Å². The zero-order valence-electron chi connectivity index (χ0n) is 23.1. The van der Waals surface area contributed by atoms with Gasteiger partial charge in [0.25, 0.3) is 5.56 Å². The van der Waals surface area contributed by atoms with Gasteiger partial charge in [-0.3, -0.25) is 14.9 Å². The standard InChI is InChI=1S/C29H25F3N4O7/c1-4-41-24-14-18(13-23(36(39)40)25(24)43-17(3)28(38)42-5-2)16-33-35-26(19-9-8-10-20(15-19)29(30,31)32)34-22-12-7-6-11-21(22)27(35)37/h6-17H,4-5H2,1-3H3/t17-/m0/s1. The number of benzene rings is 3. The number of carbonyl (C=O) groups is 1. The number of fused-ring (bicyclic) bond motifs is 1. The molecule has 4 aromatic rings. The predicted octanol–water partition coefficient (Wildman–Crippen LogP) is 5.60. The molecule has 0 spiro atoms. The lowest BCUT2D eigenvalue weighted by Gasteiger charge is -2.17. The molecule has 1 heterocycles. The van der Waals surface area contributed by atoms with Crippen molar-refractivity contribution in [3.63, 3.8) is 0 Å². The van der Waals surface area contributed by atoms with Crippen LogP contribution >= 0.6 is 0 Å². The lowest BCUT2D eigenvalue weighted by Crippen LogP contribution is -2.26. The van der Waals surface area contributed by atoms with Crippen LogP contribution in [0.3, 0.4) is 0 Å². The number of hydrogen-bond donors (Lipinski definition) is 0. The monoisotopic (exact) mass is 598 g/mol. The van der Waals surface area contributed by atoms with E-state index in [1.54, 1.807) is 26.0 Å². The van der Waals surface area contributed by atoms with Gasteiger partial charge in [0.15, 0.2) is 17.7 Å². The zero-order chi connectivity index (χ0) is 31.3. The average Bonchev–Trinajstić information content (AvgIpc) is 2.97. The van der Waals surface area contributed by atoms with E-state index in [0.717, 1.165) is 29.1 Å². The van der Waals surface area contributed by atoms with Crippen molar-refractivity contribution < 1.29 is 37.1 Å². The number of nitro benzene ring substituents is 1. The molecule has 3 aromatic carbocycles. The fourth-order valence-electron chi connectivity index (χ4n) is 4.06. The molecule has 224 valence electrons. The quantitative estimate of drug-likeness (QED) is 0.0996. The van der Waals surface area contributed by atoms with Gasteiger partial charge >= 0.3 is 17.8 Å². The summed E-state index contributed by atoms with van der Waals surface area (Å²) in [6.45, 7) is 4.75. The first-order valence-corrected chi connectivity index (χ1v) is 13.0. The predicted molar refractivity (Wildman–Crippen MR) is 150 cm³/mol. The maximum atomic E-state index is 13.5. The maximum absolute atomic E-state index is 13.5. The summed E-state index contributed by atoms with van der Waals surface area (Å²) in [6.07, 6.45) is -4.75. The largest absolute Gasteiger partial charge is 0.490 e. The first-order chi connectivity index (χ1) is 20.4.